The molecule has 1 fully saturated rings. The van der Waals surface area contributed by atoms with Gasteiger partial charge in [0.2, 0.25) is 0 Å². The van der Waals surface area contributed by atoms with Gasteiger partial charge in [-0.05, 0) is 12.3 Å². The maximum atomic E-state index is 11.8. The molecule has 1 heterocycles. The van der Waals surface area contributed by atoms with Crippen LogP contribution in [0, 0.1) is 5.41 Å². The van der Waals surface area contributed by atoms with Gasteiger partial charge in [0.25, 0.3) is 0 Å². The zero-order valence-corrected chi connectivity index (χ0v) is 12.5. The van der Waals surface area contributed by atoms with E-state index in [2.05, 4.69) is 30.6 Å². The van der Waals surface area contributed by atoms with Gasteiger partial charge in [-0.1, -0.05) is 20.8 Å². The van der Waals surface area contributed by atoms with E-state index in [1.807, 2.05) is 6.92 Å². The van der Waals surface area contributed by atoms with Crippen molar-refractivity contribution < 1.29 is 9.53 Å². The summed E-state index contributed by atoms with van der Waals surface area (Å²) in [5, 5.41) is 0. The Morgan fingerprint density at radius 3 is 2.22 bits per heavy atom. The predicted molar refractivity (Wildman–Crippen MR) is 73.8 cm³/mol. The van der Waals surface area contributed by atoms with Crippen molar-refractivity contribution in [1.29, 1.82) is 0 Å². The van der Waals surface area contributed by atoms with E-state index < -0.39 is 0 Å². The van der Waals surface area contributed by atoms with Crippen LogP contribution >= 0.6 is 0 Å². The van der Waals surface area contributed by atoms with E-state index in [-0.39, 0.29) is 18.4 Å². The van der Waals surface area contributed by atoms with Crippen LogP contribution in [-0.4, -0.2) is 68.1 Å². The molecular formula is C14H28N2O2. The zero-order valence-electron chi connectivity index (χ0n) is 12.5. The third-order valence-electron chi connectivity index (χ3n) is 3.41. The number of Topliss-reactive ketones (excluding diaryl/α,β-unsaturated/α-hetero) is 1. The van der Waals surface area contributed by atoms with Crippen LogP contribution in [0.5, 0.6) is 0 Å². The first kappa shape index (κ1) is 15.6. The molecule has 0 aliphatic carbocycles. The number of nitrogens with zero attached hydrogens (tertiary/aromatic N) is 2. The normalized spacial score (nSPS) is 20.9. The molecule has 0 bridgehead atoms. The zero-order chi connectivity index (χ0) is 13.8. The SMILES string of the molecule is COCC(=O)C(C)N1CCN(CC(C)(C)C)CC1. The summed E-state index contributed by atoms with van der Waals surface area (Å²) in [7, 11) is 1.58. The molecule has 1 saturated heterocycles. The van der Waals surface area contributed by atoms with Crippen LogP contribution in [0.1, 0.15) is 27.7 Å². The van der Waals surface area contributed by atoms with Crippen molar-refractivity contribution in [3.05, 3.63) is 0 Å². The fourth-order valence-corrected chi connectivity index (χ4v) is 2.45. The van der Waals surface area contributed by atoms with E-state index in [0.717, 1.165) is 32.7 Å². The number of hydrogen-bond donors (Lipinski definition) is 0. The summed E-state index contributed by atoms with van der Waals surface area (Å²) in [5.74, 6) is 0.182. The standard InChI is InChI=1S/C14H28N2O2/c1-12(13(17)10-18-5)16-8-6-15(7-9-16)11-14(2,3)4/h12H,6-11H2,1-5H3. The number of ketones is 1. The minimum atomic E-state index is -0.0123. The first-order valence-corrected chi connectivity index (χ1v) is 6.81. The van der Waals surface area contributed by atoms with Crippen molar-refractivity contribution in [3.8, 4) is 0 Å². The van der Waals surface area contributed by atoms with Crippen LogP contribution in [0.3, 0.4) is 0 Å². The summed E-state index contributed by atoms with van der Waals surface area (Å²) in [6, 6.07) is -0.0123. The Kier molecular flexibility index (Phi) is 5.76. The quantitative estimate of drug-likeness (QED) is 0.741. The molecule has 1 unspecified atom stereocenters. The summed E-state index contributed by atoms with van der Waals surface area (Å²) in [5.41, 5.74) is 0.347. The number of carbonyl (C=O) groups excluding carboxylic acids is 1. The van der Waals surface area contributed by atoms with E-state index in [1.165, 1.54) is 0 Å². The van der Waals surface area contributed by atoms with Crippen LogP contribution in [-0.2, 0) is 9.53 Å². The number of hydrogen-bond acceptors (Lipinski definition) is 4. The lowest BCUT2D eigenvalue weighted by molar-refractivity contribution is -0.128. The van der Waals surface area contributed by atoms with Crippen LogP contribution in [0.2, 0.25) is 0 Å². The third-order valence-corrected chi connectivity index (χ3v) is 3.41. The number of rotatable bonds is 5. The highest BCUT2D eigenvalue weighted by Gasteiger charge is 2.26. The number of ether oxygens (including phenoxy) is 1. The van der Waals surface area contributed by atoms with Gasteiger partial charge in [0.1, 0.15) is 6.61 Å². The Morgan fingerprint density at radius 1 is 1.22 bits per heavy atom. The maximum absolute atomic E-state index is 11.8. The number of carbonyl (C=O) groups is 1. The van der Waals surface area contributed by atoms with Crippen LogP contribution < -0.4 is 0 Å². The molecule has 0 aromatic rings. The molecule has 1 aliphatic heterocycles. The third kappa shape index (κ3) is 5.04. The molecule has 1 aliphatic rings. The van der Waals surface area contributed by atoms with Gasteiger partial charge >= 0.3 is 0 Å². The maximum Gasteiger partial charge on any atom is 0.175 e. The molecule has 0 radical (unpaired) electrons. The monoisotopic (exact) mass is 256 g/mol. The van der Waals surface area contributed by atoms with Gasteiger partial charge in [0.15, 0.2) is 5.78 Å². The second-order valence-corrected chi connectivity index (χ2v) is 6.45. The van der Waals surface area contributed by atoms with Crippen molar-refractivity contribution in [2.24, 2.45) is 5.41 Å². The topological polar surface area (TPSA) is 32.8 Å². The average molecular weight is 256 g/mol. The molecule has 18 heavy (non-hydrogen) atoms. The Morgan fingerprint density at radius 2 is 1.78 bits per heavy atom. The summed E-state index contributed by atoms with van der Waals surface area (Å²) in [4.78, 5) is 16.5. The summed E-state index contributed by atoms with van der Waals surface area (Å²) < 4.78 is 4.92. The number of methoxy groups -OCH3 is 1. The summed E-state index contributed by atoms with van der Waals surface area (Å²) >= 11 is 0. The van der Waals surface area contributed by atoms with Crippen molar-refractivity contribution in [3.63, 3.8) is 0 Å². The first-order valence-electron chi connectivity index (χ1n) is 6.81. The van der Waals surface area contributed by atoms with Gasteiger partial charge in [-0.15, -0.1) is 0 Å². The molecule has 0 saturated carbocycles. The minimum Gasteiger partial charge on any atom is -0.377 e. The van der Waals surface area contributed by atoms with Crippen molar-refractivity contribution in [2.45, 2.75) is 33.7 Å². The highest BCUT2D eigenvalue weighted by Crippen LogP contribution is 2.17. The van der Waals surface area contributed by atoms with Crippen molar-refractivity contribution in [1.82, 2.24) is 9.80 Å². The lowest BCUT2D eigenvalue weighted by Gasteiger charge is -2.39. The molecular weight excluding hydrogens is 228 g/mol. The van der Waals surface area contributed by atoms with Gasteiger partial charge in [-0.3, -0.25) is 9.69 Å². The van der Waals surface area contributed by atoms with Crippen molar-refractivity contribution in [2.75, 3.05) is 46.4 Å². The average Bonchev–Trinajstić information content (AvgIpc) is 2.27. The van der Waals surface area contributed by atoms with E-state index in [4.69, 9.17) is 4.74 Å². The lowest BCUT2D eigenvalue weighted by atomic mass is 9.95. The van der Waals surface area contributed by atoms with Gasteiger partial charge in [0, 0.05) is 39.8 Å². The Hall–Kier alpha value is -0.450. The molecule has 1 rings (SSSR count). The molecule has 1 atom stereocenters. The van der Waals surface area contributed by atoms with Crippen LogP contribution in [0.4, 0.5) is 0 Å². The highest BCUT2D eigenvalue weighted by atomic mass is 16.5. The molecule has 0 spiro atoms. The van der Waals surface area contributed by atoms with E-state index >= 15 is 0 Å². The lowest BCUT2D eigenvalue weighted by Crippen LogP contribution is -2.53. The molecule has 0 aromatic heterocycles. The number of piperazine rings is 1. The highest BCUT2D eigenvalue weighted by molar-refractivity contribution is 5.84. The molecule has 0 N–H and O–H groups in total. The van der Waals surface area contributed by atoms with Crippen molar-refractivity contribution >= 4 is 5.78 Å². The fraction of sp³-hybridized carbons (Fsp3) is 0.929. The fourth-order valence-electron chi connectivity index (χ4n) is 2.45. The van der Waals surface area contributed by atoms with Gasteiger partial charge in [-0.25, -0.2) is 0 Å². The summed E-state index contributed by atoms with van der Waals surface area (Å²) in [6.07, 6.45) is 0. The predicted octanol–water partition coefficient (Wildman–Crippen LogP) is 1.25. The Labute approximate surface area is 111 Å². The smallest absolute Gasteiger partial charge is 0.175 e. The first-order chi connectivity index (χ1) is 8.33. The van der Waals surface area contributed by atoms with Gasteiger partial charge < -0.3 is 9.64 Å². The van der Waals surface area contributed by atoms with Gasteiger partial charge in [-0.2, -0.15) is 0 Å². The molecule has 4 heteroatoms. The summed E-state index contributed by atoms with van der Waals surface area (Å²) in [6.45, 7) is 14.2. The molecule has 106 valence electrons. The molecule has 0 amide bonds. The van der Waals surface area contributed by atoms with E-state index in [1.54, 1.807) is 7.11 Å². The Bertz CT molecular complexity index is 265. The van der Waals surface area contributed by atoms with Crippen LogP contribution in [0.15, 0.2) is 0 Å². The molecule has 4 nitrogen and oxygen atoms in total. The van der Waals surface area contributed by atoms with E-state index in [0.29, 0.717) is 5.41 Å². The van der Waals surface area contributed by atoms with E-state index in [9.17, 15) is 4.79 Å². The molecule has 0 aromatic carbocycles. The van der Waals surface area contributed by atoms with Gasteiger partial charge in [0.05, 0.1) is 6.04 Å². The second kappa shape index (κ2) is 6.64. The van der Waals surface area contributed by atoms with Crippen LogP contribution in [0.25, 0.3) is 0 Å². The minimum absolute atomic E-state index is 0.0123. The second-order valence-electron chi connectivity index (χ2n) is 6.45. The largest absolute Gasteiger partial charge is 0.377 e. The Balaban J connectivity index is 2.37.